The van der Waals surface area contributed by atoms with Crippen LogP contribution in [0.1, 0.15) is 53.2 Å². The minimum atomic E-state index is -0.502. The van der Waals surface area contributed by atoms with Crippen LogP contribution < -0.4 is 0 Å². The topological polar surface area (TPSA) is 90.4 Å². The van der Waals surface area contributed by atoms with Crippen molar-refractivity contribution in [3.8, 4) is 0 Å². The highest BCUT2D eigenvalue weighted by atomic mass is 19.1. The van der Waals surface area contributed by atoms with E-state index in [2.05, 4.69) is 10.1 Å². The van der Waals surface area contributed by atoms with Gasteiger partial charge in [-0.25, -0.2) is 14.1 Å². The first-order chi connectivity index (χ1) is 14.1. The van der Waals surface area contributed by atoms with Crippen LogP contribution in [-0.4, -0.2) is 32.3 Å². The SMILES string of the molecule is O=C(C=C(O)c1ncn(C2CCCCO2)n1)c1ccc(Cc2ccc(F)cc2)o1. The Labute approximate surface area is 166 Å². The number of ether oxygens (including phenoxy) is 1. The Morgan fingerprint density at radius 3 is 2.83 bits per heavy atom. The Morgan fingerprint density at radius 1 is 1.24 bits per heavy atom. The fourth-order valence-corrected chi connectivity index (χ4v) is 3.13. The van der Waals surface area contributed by atoms with E-state index < -0.39 is 5.78 Å². The average Bonchev–Trinajstić information content (AvgIpc) is 3.40. The van der Waals surface area contributed by atoms with Crippen molar-refractivity contribution in [2.45, 2.75) is 31.9 Å². The Hall–Kier alpha value is -3.26. The molecule has 1 aliphatic rings. The zero-order valence-corrected chi connectivity index (χ0v) is 15.6. The quantitative estimate of drug-likeness (QED) is 0.383. The highest BCUT2D eigenvalue weighted by Gasteiger charge is 2.19. The summed E-state index contributed by atoms with van der Waals surface area (Å²) in [6, 6.07) is 9.26. The molecule has 1 fully saturated rings. The number of carbonyl (C=O) groups excluding carboxylic acids is 1. The molecule has 1 N–H and O–H groups in total. The lowest BCUT2D eigenvalue weighted by Crippen LogP contribution is -2.18. The number of carbonyl (C=O) groups is 1. The molecule has 1 unspecified atom stereocenters. The van der Waals surface area contributed by atoms with Gasteiger partial charge in [0.2, 0.25) is 11.6 Å². The lowest BCUT2D eigenvalue weighted by Gasteiger charge is -2.21. The highest BCUT2D eigenvalue weighted by molar-refractivity contribution is 6.05. The van der Waals surface area contributed by atoms with E-state index >= 15 is 0 Å². The van der Waals surface area contributed by atoms with E-state index in [9.17, 15) is 14.3 Å². The van der Waals surface area contributed by atoms with Gasteiger partial charge in [-0.3, -0.25) is 4.79 Å². The van der Waals surface area contributed by atoms with Crippen molar-refractivity contribution in [3.63, 3.8) is 0 Å². The number of hydrogen-bond acceptors (Lipinski definition) is 6. The van der Waals surface area contributed by atoms with E-state index in [-0.39, 0.29) is 29.4 Å². The Morgan fingerprint density at radius 2 is 2.07 bits per heavy atom. The monoisotopic (exact) mass is 397 g/mol. The van der Waals surface area contributed by atoms with Gasteiger partial charge in [0, 0.05) is 19.1 Å². The van der Waals surface area contributed by atoms with Crippen molar-refractivity contribution < 1.29 is 23.4 Å². The summed E-state index contributed by atoms with van der Waals surface area (Å²) < 4.78 is 25.7. The summed E-state index contributed by atoms with van der Waals surface area (Å²) in [6.07, 6.45) is 5.62. The number of furan rings is 1. The van der Waals surface area contributed by atoms with Crippen LogP contribution in [0, 0.1) is 5.82 Å². The second-order valence-corrected chi connectivity index (χ2v) is 6.83. The molecular formula is C21H20FN3O4. The van der Waals surface area contributed by atoms with Crippen molar-refractivity contribution >= 4 is 11.5 Å². The Balaban J connectivity index is 1.43. The van der Waals surface area contributed by atoms with Gasteiger partial charge in [-0.05, 0) is 49.1 Å². The zero-order chi connectivity index (χ0) is 20.2. The van der Waals surface area contributed by atoms with Crippen molar-refractivity contribution in [1.29, 1.82) is 0 Å². The van der Waals surface area contributed by atoms with Gasteiger partial charge in [-0.2, -0.15) is 0 Å². The second kappa shape index (κ2) is 8.40. The largest absolute Gasteiger partial charge is 0.504 e. The molecule has 1 atom stereocenters. The fraction of sp³-hybridized carbons (Fsp3) is 0.286. The van der Waals surface area contributed by atoms with Gasteiger partial charge in [0.05, 0.1) is 0 Å². The summed E-state index contributed by atoms with van der Waals surface area (Å²) in [5.41, 5.74) is 0.859. The number of nitrogens with zero attached hydrogens (tertiary/aromatic N) is 3. The van der Waals surface area contributed by atoms with Crippen LogP contribution in [0.3, 0.4) is 0 Å². The first-order valence-corrected chi connectivity index (χ1v) is 9.40. The number of allylic oxidation sites excluding steroid dienone is 1. The molecule has 7 nitrogen and oxygen atoms in total. The van der Waals surface area contributed by atoms with Gasteiger partial charge in [-0.1, -0.05) is 12.1 Å². The van der Waals surface area contributed by atoms with Gasteiger partial charge < -0.3 is 14.3 Å². The lowest BCUT2D eigenvalue weighted by molar-refractivity contribution is -0.0397. The van der Waals surface area contributed by atoms with Crippen LogP contribution in [0.4, 0.5) is 4.39 Å². The standard InChI is InChI=1S/C21H20FN3O4/c22-15-6-4-14(5-7-15)11-16-8-9-19(29-16)17(26)12-18(27)21-23-13-25(24-21)20-3-1-2-10-28-20/h4-9,12-13,20,27H,1-3,10-11H2. The van der Waals surface area contributed by atoms with Gasteiger partial charge in [0.1, 0.15) is 17.9 Å². The molecule has 3 aromatic rings. The third-order valence-corrected chi connectivity index (χ3v) is 4.65. The molecular weight excluding hydrogens is 377 g/mol. The van der Waals surface area contributed by atoms with Crippen LogP contribution in [0.2, 0.25) is 0 Å². The molecule has 0 bridgehead atoms. The van der Waals surface area contributed by atoms with Crippen LogP contribution >= 0.6 is 0 Å². The molecule has 0 spiro atoms. The minimum absolute atomic E-state index is 0.0469. The highest BCUT2D eigenvalue weighted by Crippen LogP contribution is 2.22. The normalized spacial score (nSPS) is 17.4. The summed E-state index contributed by atoms with van der Waals surface area (Å²) in [5.74, 6) is -0.464. The van der Waals surface area contributed by atoms with E-state index in [1.54, 1.807) is 22.9 Å². The summed E-state index contributed by atoms with van der Waals surface area (Å²) in [4.78, 5) is 16.4. The van der Waals surface area contributed by atoms with E-state index in [1.165, 1.54) is 24.5 Å². The van der Waals surface area contributed by atoms with E-state index in [0.29, 0.717) is 18.8 Å². The summed E-state index contributed by atoms with van der Waals surface area (Å²) in [6.45, 7) is 0.666. The number of aliphatic hydroxyl groups excluding tert-OH is 1. The molecule has 2 aromatic heterocycles. The summed E-state index contributed by atoms with van der Waals surface area (Å²) in [5, 5.41) is 14.4. The maximum atomic E-state index is 13.0. The number of hydrogen-bond donors (Lipinski definition) is 1. The predicted molar refractivity (Wildman–Crippen MR) is 102 cm³/mol. The first kappa shape index (κ1) is 19.1. The number of rotatable bonds is 6. The third-order valence-electron chi connectivity index (χ3n) is 4.65. The molecule has 0 aliphatic carbocycles. The lowest BCUT2D eigenvalue weighted by atomic mass is 10.1. The summed E-state index contributed by atoms with van der Waals surface area (Å²) >= 11 is 0. The molecule has 8 heteroatoms. The van der Waals surface area contributed by atoms with E-state index in [1.807, 2.05) is 0 Å². The van der Waals surface area contributed by atoms with Crippen molar-refractivity contribution in [2.24, 2.45) is 0 Å². The molecule has 4 rings (SSSR count). The van der Waals surface area contributed by atoms with Gasteiger partial charge >= 0.3 is 0 Å². The average molecular weight is 397 g/mol. The maximum absolute atomic E-state index is 13.0. The smallest absolute Gasteiger partial charge is 0.224 e. The number of aliphatic hydroxyl groups is 1. The Kier molecular flexibility index (Phi) is 5.53. The van der Waals surface area contributed by atoms with Gasteiger partial charge in [0.25, 0.3) is 0 Å². The second-order valence-electron chi connectivity index (χ2n) is 6.83. The van der Waals surface area contributed by atoms with Crippen LogP contribution in [0.15, 0.2) is 53.2 Å². The summed E-state index contributed by atoms with van der Waals surface area (Å²) in [7, 11) is 0. The van der Waals surface area contributed by atoms with Crippen molar-refractivity contribution in [3.05, 3.63) is 77.5 Å². The molecule has 1 aliphatic heterocycles. The predicted octanol–water partition coefficient (Wildman–Crippen LogP) is 4.08. The maximum Gasteiger partial charge on any atom is 0.224 e. The number of halogens is 1. The molecule has 0 radical (unpaired) electrons. The van der Waals surface area contributed by atoms with Crippen LogP contribution in [-0.2, 0) is 11.2 Å². The Bertz CT molecular complexity index is 1020. The molecule has 0 amide bonds. The first-order valence-electron chi connectivity index (χ1n) is 9.40. The minimum Gasteiger partial charge on any atom is -0.504 e. The third kappa shape index (κ3) is 4.60. The van der Waals surface area contributed by atoms with Crippen molar-refractivity contribution in [1.82, 2.24) is 14.8 Å². The number of aromatic nitrogens is 3. The van der Waals surface area contributed by atoms with Crippen LogP contribution in [0.25, 0.3) is 5.76 Å². The van der Waals surface area contributed by atoms with Gasteiger partial charge in [-0.15, -0.1) is 5.10 Å². The molecule has 1 aromatic carbocycles. The number of ketones is 1. The van der Waals surface area contributed by atoms with E-state index in [4.69, 9.17) is 9.15 Å². The zero-order valence-electron chi connectivity index (χ0n) is 15.6. The number of benzene rings is 1. The molecule has 1 saturated heterocycles. The van der Waals surface area contributed by atoms with Gasteiger partial charge in [0.15, 0.2) is 17.7 Å². The molecule has 150 valence electrons. The molecule has 29 heavy (non-hydrogen) atoms. The molecule has 3 heterocycles. The van der Waals surface area contributed by atoms with E-state index in [0.717, 1.165) is 30.9 Å². The van der Waals surface area contributed by atoms with Crippen molar-refractivity contribution in [2.75, 3.05) is 6.61 Å². The van der Waals surface area contributed by atoms with Crippen LogP contribution in [0.5, 0.6) is 0 Å². The molecule has 0 saturated carbocycles. The fourth-order valence-electron chi connectivity index (χ4n) is 3.13.